The summed E-state index contributed by atoms with van der Waals surface area (Å²) in [6.45, 7) is 4.68. The number of hydrogen-bond donors (Lipinski definition) is 2. The number of nitrogens with zero attached hydrogens (tertiary/aromatic N) is 8. The number of anilines is 2. The molecule has 0 bridgehead atoms. The van der Waals surface area contributed by atoms with E-state index < -0.39 is 29.1 Å². The topological polar surface area (TPSA) is 160 Å². The van der Waals surface area contributed by atoms with Gasteiger partial charge in [-0.25, -0.2) is 9.97 Å². The van der Waals surface area contributed by atoms with Gasteiger partial charge in [0.05, 0.1) is 40.9 Å². The molecular weight excluding hydrogens is 694 g/mol. The summed E-state index contributed by atoms with van der Waals surface area (Å²) in [7, 11) is 0. The fourth-order valence-electron chi connectivity index (χ4n) is 5.83. The predicted molar refractivity (Wildman–Crippen MR) is 177 cm³/mol. The Bertz CT molecular complexity index is 2040. The van der Waals surface area contributed by atoms with E-state index in [-0.39, 0.29) is 102 Å². The van der Waals surface area contributed by atoms with Gasteiger partial charge in [0.15, 0.2) is 17.3 Å². The molecule has 1 fully saturated rings. The van der Waals surface area contributed by atoms with Gasteiger partial charge in [-0.1, -0.05) is 24.6 Å². The molecule has 50 heavy (non-hydrogen) atoms. The number of alkyl halides is 3. The quantitative estimate of drug-likeness (QED) is 0.272. The number of nitrogens with one attached hydrogen (secondary N) is 1. The Balaban J connectivity index is 0.00000486. The molecule has 4 aromatic rings. The molecule has 5 heterocycles. The summed E-state index contributed by atoms with van der Waals surface area (Å²) in [4.78, 5) is 56.6. The van der Waals surface area contributed by atoms with E-state index in [0.29, 0.717) is 37.6 Å². The van der Waals surface area contributed by atoms with Crippen molar-refractivity contribution in [2.24, 2.45) is 0 Å². The molecule has 1 saturated heterocycles. The van der Waals surface area contributed by atoms with Crippen LogP contribution in [0.25, 0.3) is 11.4 Å². The minimum absolute atomic E-state index is 0. The van der Waals surface area contributed by atoms with Crippen molar-refractivity contribution in [3.8, 4) is 5.75 Å². The molecule has 19 heteroatoms. The van der Waals surface area contributed by atoms with Crippen LogP contribution >= 0.6 is 11.6 Å². The number of piperazine rings is 1. The molecule has 0 saturated carbocycles. The SMILES string of the molecule is CCc1c(N2CCN(C(=O)c3ncnc(C)c3O)CC2)c(=O)n2nc(C3=CCOCC3)nc2n1CC(=O)Nc1ccc(C(F)(F)F)cc1Cl.[Na]. The normalized spacial score (nSPS) is 15.1. The van der Waals surface area contributed by atoms with Crippen LogP contribution in [0, 0.1) is 6.92 Å². The van der Waals surface area contributed by atoms with Gasteiger partial charge in [-0.3, -0.25) is 14.4 Å². The van der Waals surface area contributed by atoms with Crippen molar-refractivity contribution < 1.29 is 32.6 Å². The first kappa shape index (κ1) is 37.2. The Morgan fingerprint density at radius 1 is 1.14 bits per heavy atom. The Labute approximate surface area is 310 Å². The largest absolute Gasteiger partial charge is 0.504 e. The summed E-state index contributed by atoms with van der Waals surface area (Å²) in [6.07, 6.45) is -0.777. The molecule has 1 aromatic carbocycles. The number of aromatic hydroxyl groups is 1. The number of fused-ring (bicyclic) bond motifs is 1. The summed E-state index contributed by atoms with van der Waals surface area (Å²) >= 11 is 6.10. The Morgan fingerprint density at radius 3 is 2.52 bits per heavy atom. The molecule has 2 amide bonds. The third kappa shape index (κ3) is 7.37. The molecule has 6 rings (SSSR count). The second kappa shape index (κ2) is 15.1. The van der Waals surface area contributed by atoms with E-state index in [1.54, 1.807) is 11.5 Å². The number of carbonyl (C=O) groups excluding carboxylic acids is 2. The van der Waals surface area contributed by atoms with Gasteiger partial charge in [0.1, 0.15) is 18.6 Å². The standard InChI is InChI=1S/C31H31ClF3N9O5.Na/c1-3-22-25(41-8-10-42(11-9-41)28(47)24-26(46)17(2)36-16-37-24)29(48)44-30(39-27(40-44)18-6-12-49-13-7-18)43(22)15-23(45)38-21-5-4-19(14-20(21)32)31(33,34)35;/h4-6,14,16,46H,3,7-13,15H2,1-2H3,(H,38,45);. The number of rotatable bonds is 7. The number of halogens is 4. The third-order valence-corrected chi connectivity index (χ3v) is 8.69. The number of aryl methyl sites for hydroxylation is 1. The maximum absolute atomic E-state index is 14.1. The minimum atomic E-state index is -4.61. The van der Waals surface area contributed by atoms with Crippen molar-refractivity contribution in [1.82, 2.24) is 34.0 Å². The fourth-order valence-corrected chi connectivity index (χ4v) is 6.06. The Morgan fingerprint density at radius 2 is 1.88 bits per heavy atom. The number of hydrogen-bond acceptors (Lipinski definition) is 10. The van der Waals surface area contributed by atoms with Crippen molar-refractivity contribution in [1.29, 1.82) is 0 Å². The first-order valence-corrected chi connectivity index (χ1v) is 15.8. The van der Waals surface area contributed by atoms with E-state index in [4.69, 9.17) is 16.3 Å². The maximum Gasteiger partial charge on any atom is 0.416 e. The van der Waals surface area contributed by atoms with Crippen molar-refractivity contribution >= 4 is 75.7 Å². The van der Waals surface area contributed by atoms with Crippen LogP contribution in [0.4, 0.5) is 24.5 Å². The number of ether oxygens (including phenoxy) is 1. The van der Waals surface area contributed by atoms with Crippen LogP contribution in [0.3, 0.4) is 0 Å². The van der Waals surface area contributed by atoms with Crippen molar-refractivity contribution in [3.63, 3.8) is 0 Å². The van der Waals surface area contributed by atoms with Gasteiger partial charge in [0.25, 0.3) is 11.5 Å². The molecule has 2 aliphatic heterocycles. The summed E-state index contributed by atoms with van der Waals surface area (Å²) in [5.41, 5.74) is 0.217. The smallest absolute Gasteiger partial charge is 0.416 e. The van der Waals surface area contributed by atoms with Crippen LogP contribution in [0.2, 0.25) is 5.02 Å². The van der Waals surface area contributed by atoms with Gasteiger partial charge in [-0.05, 0) is 43.5 Å². The van der Waals surface area contributed by atoms with Crippen LogP contribution in [-0.2, 0) is 28.7 Å². The molecule has 0 unspecified atom stereocenters. The van der Waals surface area contributed by atoms with E-state index in [1.165, 1.54) is 11.2 Å². The maximum atomic E-state index is 14.1. The van der Waals surface area contributed by atoms with Crippen LogP contribution < -0.4 is 15.8 Å². The van der Waals surface area contributed by atoms with E-state index in [1.807, 2.05) is 17.9 Å². The van der Waals surface area contributed by atoms with Gasteiger partial charge in [-0.15, -0.1) is 5.10 Å². The number of aromatic nitrogens is 6. The molecule has 0 spiro atoms. The van der Waals surface area contributed by atoms with Gasteiger partial charge in [-0.2, -0.15) is 22.7 Å². The number of amides is 2. The first-order valence-electron chi connectivity index (χ1n) is 15.4. The molecule has 2 N–H and O–H groups in total. The second-order valence-electron chi connectivity index (χ2n) is 11.4. The van der Waals surface area contributed by atoms with Crippen LogP contribution in [0.5, 0.6) is 5.75 Å². The van der Waals surface area contributed by atoms with E-state index >= 15 is 0 Å². The summed E-state index contributed by atoms with van der Waals surface area (Å²) in [5.74, 6) is -0.998. The number of benzene rings is 1. The third-order valence-electron chi connectivity index (χ3n) is 8.37. The van der Waals surface area contributed by atoms with Crippen LogP contribution in [-0.4, -0.2) is 120 Å². The van der Waals surface area contributed by atoms with E-state index in [9.17, 15) is 32.7 Å². The fraction of sp³-hybridized carbons (Fsp3) is 0.387. The Kier molecular flexibility index (Phi) is 11.2. The zero-order valence-electron chi connectivity index (χ0n) is 27.4. The predicted octanol–water partition coefficient (Wildman–Crippen LogP) is 2.95. The van der Waals surface area contributed by atoms with Crippen LogP contribution in [0.15, 0.2) is 35.4 Å². The molecular formula is C31H31ClF3N9NaO5. The van der Waals surface area contributed by atoms with Gasteiger partial charge in [0.2, 0.25) is 11.7 Å². The van der Waals surface area contributed by atoms with Crippen molar-refractivity contribution in [2.75, 3.05) is 49.6 Å². The van der Waals surface area contributed by atoms with Gasteiger partial charge >= 0.3 is 6.18 Å². The van der Waals surface area contributed by atoms with E-state index in [2.05, 4.69) is 25.4 Å². The molecule has 0 aliphatic carbocycles. The summed E-state index contributed by atoms with van der Waals surface area (Å²) < 4.78 is 47.6. The molecule has 14 nitrogen and oxygen atoms in total. The van der Waals surface area contributed by atoms with E-state index in [0.717, 1.165) is 28.3 Å². The average Bonchev–Trinajstić information content (AvgIpc) is 3.54. The second-order valence-corrected chi connectivity index (χ2v) is 11.8. The van der Waals surface area contributed by atoms with Gasteiger partial charge < -0.3 is 29.5 Å². The molecule has 1 radical (unpaired) electrons. The van der Waals surface area contributed by atoms with Crippen molar-refractivity contribution in [3.05, 3.63) is 74.4 Å². The van der Waals surface area contributed by atoms with Crippen molar-refractivity contribution in [2.45, 2.75) is 39.4 Å². The van der Waals surface area contributed by atoms with Crippen LogP contribution in [0.1, 0.15) is 46.6 Å². The minimum Gasteiger partial charge on any atom is -0.504 e. The zero-order chi connectivity index (χ0) is 35.0. The average molecular weight is 725 g/mol. The molecule has 3 aromatic heterocycles. The summed E-state index contributed by atoms with van der Waals surface area (Å²) in [6, 6.07) is 2.62. The summed E-state index contributed by atoms with van der Waals surface area (Å²) in [5, 5.41) is 17.1. The monoisotopic (exact) mass is 724 g/mol. The Hall–Kier alpha value is -4.03. The molecule has 0 atom stereocenters. The molecule has 2 aliphatic rings. The first-order chi connectivity index (χ1) is 23.4. The number of carbonyl (C=O) groups is 2. The zero-order valence-corrected chi connectivity index (χ0v) is 30.2. The van der Waals surface area contributed by atoms with Gasteiger partial charge in [0, 0.05) is 55.7 Å². The molecule has 259 valence electrons.